The number of hydrogen-bond donors (Lipinski definition) is 2. The van der Waals surface area contributed by atoms with E-state index in [1.165, 1.54) is 31.1 Å². The SMILES string of the molecule is COc1ccc(CNC(=O)c2cc(-c3c[n+](OC)ccc3CO)ccc2OCC2CC2)cc1F. The van der Waals surface area contributed by atoms with Gasteiger partial charge in [0.2, 0.25) is 12.4 Å². The van der Waals surface area contributed by atoms with Crippen molar-refractivity contribution < 1.29 is 33.3 Å². The molecule has 1 heterocycles. The van der Waals surface area contributed by atoms with Gasteiger partial charge in [0.05, 0.1) is 31.5 Å². The van der Waals surface area contributed by atoms with E-state index in [2.05, 4.69) is 5.32 Å². The van der Waals surface area contributed by atoms with Crippen LogP contribution in [0.3, 0.4) is 0 Å². The maximum Gasteiger partial charge on any atom is 0.255 e. The van der Waals surface area contributed by atoms with Crippen molar-refractivity contribution >= 4 is 5.91 Å². The summed E-state index contributed by atoms with van der Waals surface area (Å²) in [7, 11) is 2.94. The zero-order valence-electron chi connectivity index (χ0n) is 19.2. The fraction of sp³-hybridized carbons (Fsp3) is 0.308. The van der Waals surface area contributed by atoms with E-state index < -0.39 is 5.82 Å². The number of halogens is 1. The molecule has 2 N–H and O–H groups in total. The second-order valence-corrected chi connectivity index (χ2v) is 8.20. The van der Waals surface area contributed by atoms with E-state index in [1.807, 2.05) is 6.07 Å². The lowest BCUT2D eigenvalue weighted by Crippen LogP contribution is -2.39. The number of amides is 1. The third-order valence-corrected chi connectivity index (χ3v) is 5.78. The summed E-state index contributed by atoms with van der Waals surface area (Å²) in [6, 6.07) is 11.7. The lowest BCUT2D eigenvalue weighted by molar-refractivity contribution is -0.885. The summed E-state index contributed by atoms with van der Waals surface area (Å²) in [6.07, 6.45) is 5.70. The lowest BCUT2D eigenvalue weighted by Gasteiger charge is -2.14. The molecule has 0 spiro atoms. The highest BCUT2D eigenvalue weighted by atomic mass is 19.1. The Morgan fingerprint density at radius 3 is 2.62 bits per heavy atom. The molecule has 1 amide bonds. The van der Waals surface area contributed by atoms with Gasteiger partial charge in [-0.3, -0.25) is 9.63 Å². The molecule has 3 aromatic rings. The molecule has 1 saturated carbocycles. The average Bonchev–Trinajstić information content (AvgIpc) is 3.70. The number of aliphatic hydroxyl groups excluding tert-OH is 1. The Kier molecular flexibility index (Phi) is 7.27. The van der Waals surface area contributed by atoms with Crippen molar-refractivity contribution in [3.63, 3.8) is 0 Å². The Morgan fingerprint density at radius 1 is 1.15 bits per heavy atom. The molecule has 0 saturated heterocycles. The van der Waals surface area contributed by atoms with Crippen LogP contribution in [0.25, 0.3) is 11.1 Å². The average molecular weight is 468 g/mol. The molecule has 2 aromatic carbocycles. The monoisotopic (exact) mass is 467 g/mol. The van der Waals surface area contributed by atoms with Crippen molar-refractivity contribution in [2.75, 3.05) is 20.8 Å². The number of methoxy groups -OCH3 is 1. The minimum absolute atomic E-state index is 0.142. The Morgan fingerprint density at radius 2 is 1.94 bits per heavy atom. The predicted molar refractivity (Wildman–Crippen MR) is 123 cm³/mol. The van der Waals surface area contributed by atoms with Gasteiger partial charge in [-0.05, 0) is 59.7 Å². The van der Waals surface area contributed by atoms with E-state index in [1.54, 1.807) is 36.7 Å². The molecule has 1 aliphatic carbocycles. The standard InChI is InChI=1S/C26H27FN2O5/c1-32-25-7-5-18(11-23(25)27)13-28-26(31)21-12-19(6-8-24(21)34-16-17-3-4-17)22-14-29(33-2)10-9-20(22)15-30/h5-12,14,17,30H,3-4,13,15-16H2,1-2H3/p+1. The molecular formula is C26H28FN2O5+. The Labute approximate surface area is 197 Å². The highest BCUT2D eigenvalue weighted by Gasteiger charge is 2.24. The van der Waals surface area contributed by atoms with Crippen molar-refractivity contribution in [1.82, 2.24) is 5.32 Å². The molecule has 0 bridgehead atoms. The van der Waals surface area contributed by atoms with Crippen molar-refractivity contribution in [2.45, 2.75) is 26.0 Å². The van der Waals surface area contributed by atoms with Crippen LogP contribution in [0.1, 0.15) is 34.3 Å². The fourth-order valence-electron chi connectivity index (χ4n) is 3.61. The van der Waals surface area contributed by atoms with Crippen LogP contribution >= 0.6 is 0 Å². The van der Waals surface area contributed by atoms with Crippen LogP contribution in [-0.4, -0.2) is 31.8 Å². The molecular weight excluding hydrogens is 439 g/mol. The van der Waals surface area contributed by atoms with Crippen molar-refractivity contribution in [2.24, 2.45) is 5.92 Å². The first-order valence-corrected chi connectivity index (χ1v) is 11.1. The number of rotatable bonds is 10. The van der Waals surface area contributed by atoms with Gasteiger partial charge in [0.1, 0.15) is 12.9 Å². The summed E-state index contributed by atoms with van der Waals surface area (Å²) >= 11 is 0. The van der Waals surface area contributed by atoms with Gasteiger partial charge in [-0.15, -0.1) is 0 Å². The zero-order valence-corrected chi connectivity index (χ0v) is 19.2. The number of nitrogens with zero attached hydrogens (tertiary/aromatic N) is 1. The molecule has 4 rings (SSSR count). The maximum absolute atomic E-state index is 14.0. The van der Waals surface area contributed by atoms with Gasteiger partial charge in [-0.25, -0.2) is 4.39 Å². The van der Waals surface area contributed by atoms with Gasteiger partial charge in [-0.2, -0.15) is 0 Å². The number of pyridine rings is 1. The number of benzene rings is 2. The Balaban J connectivity index is 1.62. The van der Waals surface area contributed by atoms with E-state index in [0.29, 0.717) is 35.0 Å². The summed E-state index contributed by atoms with van der Waals surface area (Å²) in [5, 5.41) is 12.7. The van der Waals surface area contributed by atoms with Crippen molar-refractivity contribution in [3.05, 3.63) is 77.4 Å². The summed E-state index contributed by atoms with van der Waals surface area (Å²) in [4.78, 5) is 18.4. The van der Waals surface area contributed by atoms with E-state index in [0.717, 1.165) is 24.0 Å². The normalized spacial score (nSPS) is 12.8. The van der Waals surface area contributed by atoms with Crippen molar-refractivity contribution in [1.29, 1.82) is 0 Å². The van der Waals surface area contributed by atoms with Crippen molar-refractivity contribution in [3.8, 4) is 22.6 Å². The first kappa shape index (κ1) is 23.5. The first-order chi connectivity index (χ1) is 16.5. The first-order valence-electron chi connectivity index (χ1n) is 11.1. The van der Waals surface area contributed by atoms with E-state index in [4.69, 9.17) is 14.3 Å². The summed E-state index contributed by atoms with van der Waals surface area (Å²) in [6.45, 7) is 0.535. The largest absolute Gasteiger partial charge is 0.494 e. The molecule has 0 unspecified atom stereocenters. The van der Waals surface area contributed by atoms with Crippen LogP contribution in [0.5, 0.6) is 11.5 Å². The molecule has 0 atom stereocenters. The number of hydrogen-bond acceptors (Lipinski definition) is 5. The fourth-order valence-corrected chi connectivity index (χ4v) is 3.61. The smallest absolute Gasteiger partial charge is 0.255 e. The van der Waals surface area contributed by atoms with Gasteiger partial charge in [0.15, 0.2) is 11.6 Å². The van der Waals surface area contributed by atoms with Gasteiger partial charge < -0.3 is 19.9 Å². The quantitative estimate of drug-likeness (QED) is 0.448. The molecule has 178 valence electrons. The zero-order chi connectivity index (χ0) is 24.1. The van der Waals surface area contributed by atoms with Crippen LogP contribution in [0.15, 0.2) is 54.9 Å². The predicted octanol–water partition coefficient (Wildman–Crippen LogP) is 3.06. The number of carbonyl (C=O) groups excluding carboxylic acids is 1. The molecule has 8 heteroatoms. The third-order valence-electron chi connectivity index (χ3n) is 5.78. The summed E-state index contributed by atoms with van der Waals surface area (Å²) in [5.74, 6) is 0.319. The molecule has 0 aliphatic heterocycles. The number of nitrogens with one attached hydrogen (secondary N) is 1. The third kappa shape index (κ3) is 5.46. The topological polar surface area (TPSA) is 80.9 Å². The molecule has 7 nitrogen and oxygen atoms in total. The number of aromatic nitrogens is 1. The molecule has 1 aliphatic rings. The van der Waals surface area contributed by atoms with E-state index >= 15 is 0 Å². The molecule has 0 radical (unpaired) electrons. The maximum atomic E-state index is 14.0. The van der Waals surface area contributed by atoms with Crippen LogP contribution in [0.2, 0.25) is 0 Å². The highest BCUT2D eigenvalue weighted by molar-refractivity contribution is 5.98. The minimum atomic E-state index is -0.489. The second kappa shape index (κ2) is 10.5. The molecule has 1 fully saturated rings. The number of ether oxygens (including phenoxy) is 2. The van der Waals surface area contributed by atoms with Gasteiger partial charge in [-0.1, -0.05) is 12.1 Å². The van der Waals surface area contributed by atoms with Gasteiger partial charge >= 0.3 is 0 Å². The highest BCUT2D eigenvalue weighted by Crippen LogP contribution is 2.32. The second-order valence-electron chi connectivity index (χ2n) is 8.20. The summed E-state index contributed by atoms with van der Waals surface area (Å²) < 4.78 is 26.4. The van der Waals surface area contributed by atoms with Crippen LogP contribution in [0.4, 0.5) is 4.39 Å². The van der Waals surface area contributed by atoms with Crippen LogP contribution in [-0.2, 0) is 13.2 Å². The number of carbonyl (C=O) groups is 1. The van der Waals surface area contributed by atoms with Gasteiger partial charge in [0, 0.05) is 17.3 Å². The van der Waals surface area contributed by atoms with Gasteiger partial charge in [0.25, 0.3) is 5.91 Å². The van der Waals surface area contributed by atoms with Crippen LogP contribution < -0.4 is 24.4 Å². The Hall–Kier alpha value is -3.65. The van der Waals surface area contributed by atoms with E-state index in [-0.39, 0.29) is 24.8 Å². The van der Waals surface area contributed by atoms with Crippen LogP contribution in [0, 0.1) is 11.7 Å². The van der Waals surface area contributed by atoms with E-state index in [9.17, 15) is 14.3 Å². The molecule has 34 heavy (non-hydrogen) atoms. The minimum Gasteiger partial charge on any atom is -0.494 e. The summed E-state index contributed by atoms with van der Waals surface area (Å²) in [5.41, 5.74) is 3.13. The number of aliphatic hydroxyl groups is 1. The molecule has 1 aromatic heterocycles. The Bertz CT molecular complexity index is 1180. The lowest BCUT2D eigenvalue weighted by atomic mass is 9.99.